The first-order valence-electron chi connectivity index (χ1n) is 4.14. The zero-order chi connectivity index (χ0) is 11.7. The topological polar surface area (TPSA) is 0 Å². The molecule has 0 atom stereocenters. The van der Waals surface area contributed by atoms with E-state index < -0.39 is 0 Å². The molecular formula is C12H13I3. The Morgan fingerprint density at radius 2 is 1.33 bits per heavy atom. The van der Waals surface area contributed by atoms with Crippen LogP contribution in [0.5, 0.6) is 0 Å². The van der Waals surface area contributed by atoms with Crippen LogP contribution in [-0.2, 0) is 0 Å². The van der Waals surface area contributed by atoms with E-state index in [9.17, 15) is 0 Å². The van der Waals surface area contributed by atoms with E-state index in [1.54, 1.807) is 0 Å². The van der Waals surface area contributed by atoms with Crippen molar-refractivity contribution >= 4 is 68.7 Å². The molecule has 0 unspecified atom stereocenters. The van der Waals surface area contributed by atoms with Crippen molar-refractivity contribution in [2.45, 2.75) is 0 Å². The standard InChI is InChI=1S/C12H12.HI3/c1-4-10-8-7-9-11(5-2)12(10)6-3;1-3-2/h4-9H,1-3H2;3H. The Balaban J connectivity index is 0.000000583. The molecule has 0 fully saturated rings. The third-order valence-corrected chi connectivity index (χ3v) is 1.82. The molecule has 0 saturated carbocycles. The third kappa shape index (κ3) is 5.48. The number of hydrogen-bond donors (Lipinski definition) is 0. The maximum absolute atomic E-state index is 3.75. The average Bonchev–Trinajstić information content (AvgIpc) is 2.28. The van der Waals surface area contributed by atoms with Crippen molar-refractivity contribution in [3.8, 4) is 0 Å². The summed E-state index contributed by atoms with van der Waals surface area (Å²) in [6.45, 7) is 11.2. The Labute approximate surface area is 122 Å². The molecular weight excluding hydrogens is 525 g/mol. The van der Waals surface area contributed by atoms with Gasteiger partial charge in [0.1, 0.15) is 0 Å². The van der Waals surface area contributed by atoms with Crippen LogP contribution in [-0.4, -0.2) is 0 Å². The summed E-state index contributed by atoms with van der Waals surface area (Å²) in [5, 5.41) is 0. The Bertz CT molecular complexity index is 316. The molecule has 1 aromatic carbocycles. The van der Waals surface area contributed by atoms with Crippen molar-refractivity contribution < 1.29 is 0 Å². The van der Waals surface area contributed by atoms with Gasteiger partial charge in [-0.2, -0.15) is 0 Å². The number of benzene rings is 1. The van der Waals surface area contributed by atoms with E-state index in [2.05, 4.69) is 57.0 Å². The van der Waals surface area contributed by atoms with Gasteiger partial charge in [-0.25, -0.2) is 0 Å². The van der Waals surface area contributed by atoms with Gasteiger partial charge in [-0.3, -0.25) is 0 Å². The van der Waals surface area contributed by atoms with Gasteiger partial charge in [0.25, 0.3) is 0 Å². The first-order valence-corrected chi connectivity index (χ1v) is 17.7. The first kappa shape index (κ1) is 15.6. The van der Waals surface area contributed by atoms with Crippen molar-refractivity contribution in [1.29, 1.82) is 0 Å². The normalized spacial score (nSPS) is 8.67. The van der Waals surface area contributed by atoms with Crippen LogP contribution in [0.1, 0.15) is 16.7 Å². The molecule has 15 heavy (non-hydrogen) atoms. The fourth-order valence-corrected chi connectivity index (χ4v) is 1.19. The van der Waals surface area contributed by atoms with Crippen LogP contribution in [0, 0.1) is 0 Å². The number of rotatable bonds is 3. The van der Waals surface area contributed by atoms with Gasteiger partial charge >= 0.3 is 50.5 Å². The predicted octanol–water partition coefficient (Wildman–Crippen LogP) is 6.01. The molecule has 82 valence electrons. The molecule has 0 aliphatic heterocycles. The maximum atomic E-state index is 3.75. The molecule has 0 heterocycles. The van der Waals surface area contributed by atoms with Gasteiger partial charge in [-0.15, -0.1) is 0 Å². The molecule has 0 nitrogen and oxygen atoms in total. The van der Waals surface area contributed by atoms with E-state index in [1.807, 2.05) is 36.4 Å². The van der Waals surface area contributed by atoms with Crippen molar-refractivity contribution in [2.75, 3.05) is 0 Å². The van der Waals surface area contributed by atoms with Gasteiger partial charge in [-0.1, -0.05) is 56.2 Å². The second-order valence-electron chi connectivity index (χ2n) is 2.52. The van der Waals surface area contributed by atoms with E-state index in [0.29, 0.717) is 13.3 Å². The number of halogens is 3. The Hall–Kier alpha value is 0.630. The monoisotopic (exact) mass is 538 g/mol. The van der Waals surface area contributed by atoms with Crippen LogP contribution in [0.4, 0.5) is 0 Å². The Morgan fingerprint density at radius 1 is 0.933 bits per heavy atom. The van der Waals surface area contributed by atoms with Crippen molar-refractivity contribution in [1.82, 2.24) is 0 Å². The molecule has 1 aromatic rings. The van der Waals surface area contributed by atoms with Crippen LogP contribution in [0.2, 0.25) is 0 Å². The van der Waals surface area contributed by atoms with E-state index >= 15 is 0 Å². The van der Waals surface area contributed by atoms with Gasteiger partial charge in [0.15, 0.2) is 0 Å². The fraction of sp³-hybridized carbons (Fsp3) is 0. The second-order valence-corrected chi connectivity index (χ2v) is 20.1. The quantitative estimate of drug-likeness (QED) is 0.415. The van der Waals surface area contributed by atoms with Crippen LogP contribution in [0.3, 0.4) is 0 Å². The van der Waals surface area contributed by atoms with Crippen LogP contribution in [0.15, 0.2) is 37.9 Å². The zero-order valence-electron chi connectivity index (χ0n) is 8.25. The molecule has 0 aliphatic rings. The van der Waals surface area contributed by atoms with Gasteiger partial charge < -0.3 is 0 Å². The molecule has 0 saturated heterocycles. The third-order valence-electron chi connectivity index (χ3n) is 1.82. The Morgan fingerprint density at radius 3 is 1.60 bits per heavy atom. The first-order chi connectivity index (χ1) is 7.24. The minimum atomic E-state index is 0.410. The molecule has 0 radical (unpaired) electrons. The van der Waals surface area contributed by atoms with Crippen LogP contribution in [0.25, 0.3) is 18.2 Å². The molecule has 0 aromatic heterocycles. The van der Waals surface area contributed by atoms with E-state index in [-0.39, 0.29) is 0 Å². The van der Waals surface area contributed by atoms with E-state index in [1.165, 1.54) is 0 Å². The molecule has 0 spiro atoms. The summed E-state index contributed by atoms with van der Waals surface area (Å²) in [7, 11) is 0. The van der Waals surface area contributed by atoms with E-state index in [0.717, 1.165) is 16.7 Å². The average molecular weight is 538 g/mol. The Kier molecular flexibility index (Phi) is 10.2. The van der Waals surface area contributed by atoms with Crippen molar-refractivity contribution in [3.63, 3.8) is 0 Å². The zero-order valence-corrected chi connectivity index (χ0v) is 14.9. The van der Waals surface area contributed by atoms with Crippen LogP contribution < -0.4 is 0 Å². The second kappa shape index (κ2) is 9.83. The minimum absolute atomic E-state index is 0.410. The van der Waals surface area contributed by atoms with E-state index in [4.69, 9.17) is 0 Å². The van der Waals surface area contributed by atoms with Gasteiger partial charge in [-0.05, 0) is 16.7 Å². The van der Waals surface area contributed by atoms with Crippen molar-refractivity contribution in [3.05, 3.63) is 54.6 Å². The molecule has 1 rings (SSSR count). The van der Waals surface area contributed by atoms with Gasteiger partial charge in [0.2, 0.25) is 0 Å². The number of hydrogen-bond acceptors (Lipinski definition) is 0. The summed E-state index contributed by atoms with van der Waals surface area (Å²) in [6, 6.07) is 6.01. The van der Waals surface area contributed by atoms with Crippen molar-refractivity contribution in [2.24, 2.45) is 0 Å². The fourth-order valence-electron chi connectivity index (χ4n) is 1.19. The van der Waals surface area contributed by atoms with Gasteiger partial charge in [0.05, 0.1) is 0 Å². The molecule has 3 heteroatoms. The summed E-state index contributed by atoms with van der Waals surface area (Å²) in [5.74, 6) is 0. The SMILES string of the molecule is C=Cc1cccc(C=C)c1C=C.I[IH]I. The summed E-state index contributed by atoms with van der Waals surface area (Å²) >= 11 is 5.22. The molecule has 0 bridgehead atoms. The summed E-state index contributed by atoms with van der Waals surface area (Å²) in [5.41, 5.74) is 3.30. The molecule has 0 N–H and O–H groups in total. The summed E-state index contributed by atoms with van der Waals surface area (Å²) in [4.78, 5) is 0. The summed E-state index contributed by atoms with van der Waals surface area (Å²) < 4.78 is 0. The van der Waals surface area contributed by atoms with Gasteiger partial charge in [0, 0.05) is 0 Å². The molecule has 0 aliphatic carbocycles. The summed E-state index contributed by atoms with van der Waals surface area (Å²) in [6.07, 6.45) is 5.47. The van der Waals surface area contributed by atoms with Crippen LogP contribution >= 0.6 is 50.5 Å². The predicted molar refractivity (Wildman–Crippen MR) is 100 cm³/mol. The molecule has 0 amide bonds.